The highest BCUT2D eigenvalue weighted by atomic mass is 16.3. The van der Waals surface area contributed by atoms with Crippen molar-refractivity contribution in [2.24, 2.45) is 4.99 Å². The van der Waals surface area contributed by atoms with Crippen LogP contribution in [0.5, 0.6) is 0 Å². The fourth-order valence-electron chi connectivity index (χ4n) is 3.61. The summed E-state index contributed by atoms with van der Waals surface area (Å²) in [4.78, 5) is 4.79. The predicted octanol–water partition coefficient (Wildman–Crippen LogP) is 3.38. The maximum absolute atomic E-state index is 9.82. The number of aliphatic imine (C=N–C) groups is 1. The van der Waals surface area contributed by atoms with Crippen molar-refractivity contribution in [2.75, 3.05) is 19.7 Å². The van der Waals surface area contributed by atoms with Gasteiger partial charge in [-0.05, 0) is 31.9 Å². The van der Waals surface area contributed by atoms with Crippen molar-refractivity contribution < 1.29 is 5.11 Å². The molecule has 0 bridgehead atoms. The fraction of sp³-hybridized carbons (Fsp3) is 0.360. The Hall–Kier alpha value is -3.12. The fourth-order valence-corrected chi connectivity index (χ4v) is 3.61. The molecular formula is C25H33N5O. The standard InChI is InChI=1S/C25H33N5O/c1-4-26-25(27-15-23(18-31)22-13-9-6-10-14-22)28-16-24-19(2)29-30(20(24)3)17-21-11-7-5-8-12-21/h5-14,23,31H,4,15-18H2,1-3H3,(H2,26,27,28). The lowest BCUT2D eigenvalue weighted by Crippen LogP contribution is -2.40. The van der Waals surface area contributed by atoms with E-state index in [0.717, 1.165) is 41.6 Å². The smallest absolute Gasteiger partial charge is 0.191 e. The molecule has 3 N–H and O–H groups in total. The van der Waals surface area contributed by atoms with E-state index in [1.54, 1.807) is 0 Å². The first-order valence-electron chi connectivity index (χ1n) is 10.9. The number of nitrogens with one attached hydrogen (secondary N) is 2. The number of hydrogen-bond acceptors (Lipinski definition) is 3. The molecule has 0 saturated heterocycles. The Bertz CT molecular complexity index is 966. The van der Waals surface area contributed by atoms with E-state index in [4.69, 9.17) is 10.1 Å². The molecule has 6 nitrogen and oxygen atoms in total. The van der Waals surface area contributed by atoms with Gasteiger partial charge in [0.2, 0.25) is 0 Å². The molecule has 1 heterocycles. The number of benzene rings is 2. The molecule has 0 amide bonds. The van der Waals surface area contributed by atoms with Gasteiger partial charge < -0.3 is 15.7 Å². The Balaban J connectivity index is 1.68. The van der Waals surface area contributed by atoms with Crippen molar-refractivity contribution in [3.63, 3.8) is 0 Å². The van der Waals surface area contributed by atoms with Crippen LogP contribution < -0.4 is 10.6 Å². The Morgan fingerprint density at radius 2 is 1.71 bits per heavy atom. The summed E-state index contributed by atoms with van der Waals surface area (Å²) in [5.74, 6) is 0.758. The number of rotatable bonds is 9. The minimum Gasteiger partial charge on any atom is -0.396 e. The summed E-state index contributed by atoms with van der Waals surface area (Å²) >= 11 is 0. The normalized spacial score (nSPS) is 12.6. The second-order valence-electron chi connectivity index (χ2n) is 7.66. The Kier molecular flexibility index (Phi) is 8.24. The Labute approximate surface area is 185 Å². The molecule has 0 aliphatic rings. The second-order valence-corrected chi connectivity index (χ2v) is 7.66. The van der Waals surface area contributed by atoms with Gasteiger partial charge in [0.05, 0.1) is 25.4 Å². The van der Waals surface area contributed by atoms with Crippen molar-refractivity contribution in [3.05, 3.63) is 88.7 Å². The molecule has 1 unspecified atom stereocenters. The molecule has 3 aromatic rings. The van der Waals surface area contributed by atoms with E-state index in [-0.39, 0.29) is 12.5 Å². The van der Waals surface area contributed by atoms with E-state index in [9.17, 15) is 5.11 Å². The van der Waals surface area contributed by atoms with Crippen molar-refractivity contribution >= 4 is 5.96 Å². The monoisotopic (exact) mass is 419 g/mol. The number of aliphatic hydroxyl groups is 1. The molecule has 0 radical (unpaired) electrons. The van der Waals surface area contributed by atoms with E-state index in [1.807, 2.05) is 54.9 Å². The minimum absolute atomic E-state index is 0.0159. The van der Waals surface area contributed by atoms with Gasteiger partial charge in [0, 0.05) is 30.3 Å². The molecular weight excluding hydrogens is 386 g/mol. The number of nitrogens with zero attached hydrogens (tertiary/aromatic N) is 3. The quantitative estimate of drug-likeness (QED) is 0.367. The van der Waals surface area contributed by atoms with Gasteiger partial charge in [-0.1, -0.05) is 60.7 Å². The molecule has 31 heavy (non-hydrogen) atoms. The third kappa shape index (κ3) is 6.18. The van der Waals surface area contributed by atoms with Gasteiger partial charge in [-0.3, -0.25) is 4.68 Å². The number of aromatic nitrogens is 2. The zero-order chi connectivity index (χ0) is 22.1. The first kappa shape index (κ1) is 22.6. The third-order valence-corrected chi connectivity index (χ3v) is 5.45. The van der Waals surface area contributed by atoms with E-state index >= 15 is 0 Å². The van der Waals surface area contributed by atoms with Gasteiger partial charge in [-0.2, -0.15) is 5.10 Å². The SMILES string of the molecule is CCNC(=NCc1c(C)nn(Cc2ccccc2)c1C)NCC(CO)c1ccccc1. The van der Waals surface area contributed by atoms with Gasteiger partial charge in [0.15, 0.2) is 5.96 Å². The van der Waals surface area contributed by atoms with E-state index < -0.39 is 0 Å². The number of aliphatic hydroxyl groups excluding tert-OH is 1. The molecule has 0 aliphatic carbocycles. The average Bonchev–Trinajstić information content (AvgIpc) is 3.06. The number of guanidine groups is 1. The summed E-state index contributed by atoms with van der Waals surface area (Å²) < 4.78 is 2.05. The van der Waals surface area contributed by atoms with E-state index in [0.29, 0.717) is 13.1 Å². The Morgan fingerprint density at radius 1 is 1.03 bits per heavy atom. The number of aryl methyl sites for hydroxylation is 1. The van der Waals surface area contributed by atoms with Gasteiger partial charge in [-0.15, -0.1) is 0 Å². The summed E-state index contributed by atoms with van der Waals surface area (Å²) in [6, 6.07) is 20.4. The van der Waals surface area contributed by atoms with Gasteiger partial charge in [-0.25, -0.2) is 4.99 Å². The lowest BCUT2D eigenvalue weighted by molar-refractivity contribution is 0.265. The van der Waals surface area contributed by atoms with Crippen LogP contribution in [0.1, 0.15) is 40.9 Å². The van der Waals surface area contributed by atoms with Crippen LogP contribution in [0.3, 0.4) is 0 Å². The molecule has 2 aromatic carbocycles. The summed E-state index contributed by atoms with van der Waals surface area (Å²) in [5.41, 5.74) is 5.63. The van der Waals surface area contributed by atoms with Crippen molar-refractivity contribution in [3.8, 4) is 0 Å². The molecule has 0 fully saturated rings. The van der Waals surface area contributed by atoms with Gasteiger partial charge >= 0.3 is 0 Å². The van der Waals surface area contributed by atoms with Crippen LogP contribution in [-0.4, -0.2) is 40.5 Å². The first-order chi connectivity index (χ1) is 15.1. The third-order valence-electron chi connectivity index (χ3n) is 5.45. The molecule has 0 spiro atoms. The highest BCUT2D eigenvalue weighted by Gasteiger charge is 2.13. The van der Waals surface area contributed by atoms with Crippen LogP contribution in [0.2, 0.25) is 0 Å². The zero-order valence-electron chi connectivity index (χ0n) is 18.7. The van der Waals surface area contributed by atoms with Gasteiger partial charge in [0.25, 0.3) is 0 Å². The molecule has 3 rings (SSSR count). The van der Waals surface area contributed by atoms with E-state index in [1.165, 1.54) is 5.56 Å². The summed E-state index contributed by atoms with van der Waals surface area (Å²) in [6.07, 6.45) is 0. The van der Waals surface area contributed by atoms with E-state index in [2.05, 4.69) is 41.8 Å². The minimum atomic E-state index is 0.0159. The maximum Gasteiger partial charge on any atom is 0.191 e. The maximum atomic E-state index is 9.82. The molecule has 164 valence electrons. The number of hydrogen-bond donors (Lipinski definition) is 3. The lowest BCUT2D eigenvalue weighted by Gasteiger charge is -2.18. The summed E-state index contributed by atoms with van der Waals surface area (Å²) in [6.45, 7) is 8.96. The van der Waals surface area contributed by atoms with Gasteiger partial charge in [0.1, 0.15) is 0 Å². The van der Waals surface area contributed by atoms with Crippen LogP contribution in [-0.2, 0) is 13.1 Å². The highest BCUT2D eigenvalue weighted by Crippen LogP contribution is 2.16. The molecule has 0 aliphatic heterocycles. The topological polar surface area (TPSA) is 74.5 Å². The zero-order valence-corrected chi connectivity index (χ0v) is 18.7. The van der Waals surface area contributed by atoms with Crippen LogP contribution >= 0.6 is 0 Å². The average molecular weight is 420 g/mol. The van der Waals surface area contributed by atoms with Crippen molar-refractivity contribution in [1.29, 1.82) is 0 Å². The summed E-state index contributed by atoms with van der Waals surface area (Å²) in [5, 5.41) is 21.2. The van der Waals surface area contributed by atoms with Crippen LogP contribution in [0.25, 0.3) is 0 Å². The lowest BCUT2D eigenvalue weighted by atomic mass is 10.0. The Morgan fingerprint density at radius 3 is 2.35 bits per heavy atom. The largest absolute Gasteiger partial charge is 0.396 e. The highest BCUT2D eigenvalue weighted by molar-refractivity contribution is 5.79. The molecule has 1 aromatic heterocycles. The predicted molar refractivity (Wildman–Crippen MR) is 126 cm³/mol. The van der Waals surface area contributed by atoms with Crippen LogP contribution in [0.15, 0.2) is 65.7 Å². The van der Waals surface area contributed by atoms with Crippen molar-refractivity contribution in [2.45, 2.75) is 39.8 Å². The first-order valence-corrected chi connectivity index (χ1v) is 10.9. The molecule has 6 heteroatoms. The molecule has 1 atom stereocenters. The van der Waals surface area contributed by atoms with Crippen LogP contribution in [0.4, 0.5) is 0 Å². The van der Waals surface area contributed by atoms with Crippen molar-refractivity contribution in [1.82, 2.24) is 20.4 Å². The molecule has 0 saturated carbocycles. The summed E-state index contributed by atoms with van der Waals surface area (Å²) in [7, 11) is 0. The van der Waals surface area contributed by atoms with Crippen LogP contribution in [0, 0.1) is 13.8 Å². The second kappa shape index (κ2) is 11.3.